The van der Waals surface area contributed by atoms with Crippen LogP contribution in [0.3, 0.4) is 0 Å². The van der Waals surface area contributed by atoms with Crippen LogP contribution in [0.5, 0.6) is 0 Å². The molecular formula is C14H19N5O2S. The minimum absolute atomic E-state index is 0.157. The van der Waals surface area contributed by atoms with Crippen molar-refractivity contribution in [3.8, 4) is 0 Å². The Morgan fingerprint density at radius 2 is 2.41 bits per heavy atom. The van der Waals surface area contributed by atoms with Crippen LogP contribution in [0.25, 0.3) is 0 Å². The molecule has 1 amide bonds. The van der Waals surface area contributed by atoms with Crippen molar-refractivity contribution in [2.75, 3.05) is 12.3 Å². The van der Waals surface area contributed by atoms with E-state index < -0.39 is 0 Å². The van der Waals surface area contributed by atoms with Gasteiger partial charge in [-0.05, 0) is 48.7 Å². The van der Waals surface area contributed by atoms with Gasteiger partial charge in [-0.15, -0.1) is 5.10 Å². The molecule has 1 aliphatic rings. The average molecular weight is 321 g/mol. The Morgan fingerprint density at radius 1 is 1.50 bits per heavy atom. The minimum atomic E-state index is 0.157. The molecule has 8 heteroatoms. The Morgan fingerprint density at radius 3 is 3.18 bits per heavy atom. The lowest BCUT2D eigenvalue weighted by atomic mass is 10.0. The first-order valence-corrected chi connectivity index (χ1v) is 8.43. The van der Waals surface area contributed by atoms with Crippen molar-refractivity contribution in [3.63, 3.8) is 0 Å². The number of carbonyl (C=O) groups is 1. The summed E-state index contributed by atoms with van der Waals surface area (Å²) in [5.41, 5.74) is 0. The van der Waals surface area contributed by atoms with Crippen molar-refractivity contribution in [2.45, 2.75) is 43.9 Å². The van der Waals surface area contributed by atoms with E-state index in [1.54, 1.807) is 10.9 Å². The van der Waals surface area contributed by atoms with Gasteiger partial charge in [0.2, 0.25) is 11.1 Å². The molecule has 0 aromatic carbocycles. The van der Waals surface area contributed by atoms with Gasteiger partial charge in [0.05, 0.1) is 12.0 Å². The molecule has 0 bridgehead atoms. The normalized spacial score (nSPS) is 18.6. The minimum Gasteiger partial charge on any atom is -0.467 e. The fourth-order valence-electron chi connectivity index (χ4n) is 2.63. The summed E-state index contributed by atoms with van der Waals surface area (Å²) in [4.78, 5) is 14.3. The summed E-state index contributed by atoms with van der Waals surface area (Å²) >= 11 is 1.37. The van der Waals surface area contributed by atoms with Gasteiger partial charge in [-0.1, -0.05) is 11.8 Å². The van der Waals surface area contributed by atoms with Crippen LogP contribution in [0.1, 0.15) is 31.9 Å². The van der Waals surface area contributed by atoms with E-state index in [1.165, 1.54) is 18.2 Å². The number of aromatic nitrogens is 4. The van der Waals surface area contributed by atoms with Gasteiger partial charge in [-0.2, -0.15) is 0 Å². The summed E-state index contributed by atoms with van der Waals surface area (Å²) in [7, 11) is 0. The van der Waals surface area contributed by atoms with E-state index in [9.17, 15) is 4.79 Å². The molecule has 2 aromatic rings. The highest BCUT2D eigenvalue weighted by atomic mass is 32.2. The molecule has 3 heterocycles. The predicted molar refractivity (Wildman–Crippen MR) is 81.4 cm³/mol. The fraction of sp³-hybridized carbons (Fsp3) is 0.571. The number of rotatable bonds is 5. The van der Waals surface area contributed by atoms with Crippen LogP contribution >= 0.6 is 11.8 Å². The molecule has 0 N–H and O–H groups in total. The van der Waals surface area contributed by atoms with Gasteiger partial charge in [0.1, 0.15) is 12.3 Å². The van der Waals surface area contributed by atoms with Gasteiger partial charge in [0, 0.05) is 12.6 Å². The van der Waals surface area contributed by atoms with Crippen molar-refractivity contribution < 1.29 is 9.21 Å². The molecule has 0 aliphatic carbocycles. The maximum absolute atomic E-state index is 12.3. The largest absolute Gasteiger partial charge is 0.467 e. The average Bonchev–Trinajstić information content (AvgIpc) is 3.18. The van der Waals surface area contributed by atoms with Gasteiger partial charge in [0.15, 0.2) is 0 Å². The molecule has 1 unspecified atom stereocenters. The predicted octanol–water partition coefficient (Wildman–Crippen LogP) is 1.81. The van der Waals surface area contributed by atoms with Gasteiger partial charge < -0.3 is 9.32 Å². The Bertz CT molecular complexity index is 613. The molecule has 0 spiro atoms. The van der Waals surface area contributed by atoms with Crippen molar-refractivity contribution in [1.29, 1.82) is 0 Å². The molecule has 1 aliphatic heterocycles. The zero-order chi connectivity index (χ0) is 15.4. The number of furan rings is 1. The zero-order valence-corrected chi connectivity index (χ0v) is 13.3. The third-order valence-corrected chi connectivity index (χ3v) is 4.77. The molecule has 0 saturated carbocycles. The first-order valence-electron chi connectivity index (χ1n) is 7.45. The summed E-state index contributed by atoms with van der Waals surface area (Å²) in [6, 6.07) is 4.03. The van der Waals surface area contributed by atoms with E-state index >= 15 is 0 Å². The second-order valence-electron chi connectivity index (χ2n) is 5.42. The molecular weight excluding hydrogens is 302 g/mol. The highest BCUT2D eigenvalue weighted by molar-refractivity contribution is 7.99. The van der Waals surface area contributed by atoms with Crippen molar-refractivity contribution in [3.05, 3.63) is 24.2 Å². The number of piperidine rings is 1. The van der Waals surface area contributed by atoms with Gasteiger partial charge in [0.25, 0.3) is 0 Å². The maximum Gasteiger partial charge on any atom is 0.233 e. The summed E-state index contributed by atoms with van der Waals surface area (Å²) in [5, 5.41) is 12.2. The number of thioether (sulfide) groups is 1. The number of amides is 1. The van der Waals surface area contributed by atoms with Crippen molar-refractivity contribution in [1.82, 2.24) is 25.1 Å². The summed E-state index contributed by atoms with van der Waals surface area (Å²) < 4.78 is 6.95. The fourth-order valence-corrected chi connectivity index (χ4v) is 3.39. The number of tetrazole rings is 1. The van der Waals surface area contributed by atoms with Crippen LogP contribution in [-0.4, -0.2) is 49.4 Å². The van der Waals surface area contributed by atoms with Gasteiger partial charge >= 0.3 is 0 Å². The molecule has 1 atom stereocenters. The van der Waals surface area contributed by atoms with Gasteiger partial charge in [-0.25, -0.2) is 4.68 Å². The van der Waals surface area contributed by atoms with E-state index in [0.29, 0.717) is 23.5 Å². The topological polar surface area (TPSA) is 77.1 Å². The quantitative estimate of drug-likeness (QED) is 0.782. The van der Waals surface area contributed by atoms with E-state index in [0.717, 1.165) is 25.1 Å². The number of hydrogen-bond acceptors (Lipinski definition) is 6. The highest BCUT2D eigenvalue weighted by Crippen LogP contribution is 2.20. The van der Waals surface area contributed by atoms with Crippen LogP contribution in [0, 0.1) is 0 Å². The summed E-state index contributed by atoms with van der Waals surface area (Å²) in [6.07, 6.45) is 5.01. The second-order valence-corrected chi connectivity index (χ2v) is 6.36. The molecule has 0 radical (unpaired) electrons. The first-order chi connectivity index (χ1) is 10.7. The lowest BCUT2D eigenvalue weighted by Gasteiger charge is -2.33. The number of hydrogen-bond donors (Lipinski definition) is 0. The molecule has 22 heavy (non-hydrogen) atoms. The lowest BCUT2D eigenvalue weighted by molar-refractivity contribution is -0.131. The zero-order valence-electron chi connectivity index (χ0n) is 12.5. The van der Waals surface area contributed by atoms with Crippen molar-refractivity contribution >= 4 is 17.7 Å². The van der Waals surface area contributed by atoms with Crippen molar-refractivity contribution in [2.24, 2.45) is 0 Å². The van der Waals surface area contributed by atoms with E-state index in [4.69, 9.17) is 4.42 Å². The third-order valence-electron chi connectivity index (χ3n) is 3.83. The highest BCUT2D eigenvalue weighted by Gasteiger charge is 2.23. The first kappa shape index (κ1) is 15.1. The summed E-state index contributed by atoms with van der Waals surface area (Å²) in [5.74, 6) is 1.30. The Kier molecular flexibility index (Phi) is 4.77. The monoisotopic (exact) mass is 321 g/mol. The smallest absolute Gasteiger partial charge is 0.233 e. The summed E-state index contributed by atoms with van der Waals surface area (Å²) in [6.45, 7) is 3.44. The van der Waals surface area contributed by atoms with E-state index in [1.807, 2.05) is 17.0 Å². The molecule has 2 aromatic heterocycles. The van der Waals surface area contributed by atoms with Crippen LogP contribution < -0.4 is 0 Å². The SMILES string of the molecule is CC1CCCCN1C(=O)CSc1nnnn1Cc1ccco1. The Labute approximate surface area is 133 Å². The van der Waals surface area contributed by atoms with Crippen LogP contribution in [0.4, 0.5) is 0 Å². The molecule has 1 saturated heterocycles. The third kappa shape index (κ3) is 3.49. The lowest BCUT2D eigenvalue weighted by Crippen LogP contribution is -2.43. The molecule has 7 nitrogen and oxygen atoms in total. The Hall–Kier alpha value is -1.83. The van der Waals surface area contributed by atoms with E-state index in [2.05, 4.69) is 22.4 Å². The Balaban J connectivity index is 1.57. The van der Waals surface area contributed by atoms with Crippen LogP contribution in [-0.2, 0) is 11.3 Å². The molecule has 118 valence electrons. The molecule has 3 rings (SSSR count). The second kappa shape index (κ2) is 6.95. The number of likely N-dealkylation sites (tertiary alicyclic amines) is 1. The standard InChI is InChI=1S/C14H19N5O2S/c1-11-5-2-3-7-18(11)13(20)10-22-14-15-16-17-19(14)9-12-6-4-8-21-12/h4,6,8,11H,2-3,5,7,9-10H2,1H3. The van der Waals surface area contributed by atoms with Crippen LogP contribution in [0.2, 0.25) is 0 Å². The van der Waals surface area contributed by atoms with E-state index in [-0.39, 0.29) is 5.91 Å². The van der Waals surface area contributed by atoms with Gasteiger partial charge in [-0.3, -0.25) is 4.79 Å². The number of carbonyl (C=O) groups excluding carboxylic acids is 1. The van der Waals surface area contributed by atoms with Crippen LogP contribution in [0.15, 0.2) is 28.0 Å². The maximum atomic E-state index is 12.3. The molecule has 1 fully saturated rings. The number of nitrogens with zero attached hydrogens (tertiary/aromatic N) is 5.